The van der Waals surface area contributed by atoms with Gasteiger partial charge in [-0.15, -0.1) is 0 Å². The molecule has 1 aromatic heterocycles. The predicted molar refractivity (Wildman–Crippen MR) is 83.6 cm³/mol. The van der Waals surface area contributed by atoms with Crippen LogP contribution in [0, 0.1) is 6.92 Å². The van der Waals surface area contributed by atoms with Gasteiger partial charge in [-0.1, -0.05) is 11.6 Å². The van der Waals surface area contributed by atoms with Gasteiger partial charge in [-0.3, -0.25) is 9.36 Å². The summed E-state index contributed by atoms with van der Waals surface area (Å²) in [6.07, 6.45) is 0. The number of nitrogens with zero attached hydrogens (tertiary/aromatic N) is 2. The van der Waals surface area contributed by atoms with Gasteiger partial charge in [0.1, 0.15) is 11.6 Å². The number of hydrogen-bond donors (Lipinski definition) is 0. The van der Waals surface area contributed by atoms with E-state index in [-0.39, 0.29) is 5.56 Å². The lowest BCUT2D eigenvalue weighted by atomic mass is 10.2. The Bertz CT molecular complexity index is 870. The molecule has 0 aliphatic rings. The van der Waals surface area contributed by atoms with E-state index in [0.717, 1.165) is 11.4 Å². The van der Waals surface area contributed by atoms with E-state index in [1.165, 1.54) is 0 Å². The Morgan fingerprint density at radius 3 is 2.52 bits per heavy atom. The summed E-state index contributed by atoms with van der Waals surface area (Å²) < 4.78 is 6.70. The molecule has 0 bridgehead atoms. The van der Waals surface area contributed by atoms with Crippen molar-refractivity contribution in [3.8, 4) is 11.4 Å². The van der Waals surface area contributed by atoms with E-state index in [1.54, 1.807) is 36.8 Å². The number of ether oxygens (including phenoxy) is 1. The third-order valence-electron chi connectivity index (χ3n) is 3.33. The molecule has 0 N–H and O–H groups in total. The van der Waals surface area contributed by atoms with Gasteiger partial charge >= 0.3 is 0 Å². The zero-order chi connectivity index (χ0) is 15.0. The van der Waals surface area contributed by atoms with Gasteiger partial charge in [-0.25, -0.2) is 4.98 Å². The fourth-order valence-corrected chi connectivity index (χ4v) is 2.48. The van der Waals surface area contributed by atoms with Gasteiger partial charge in [0.25, 0.3) is 5.56 Å². The lowest BCUT2D eigenvalue weighted by molar-refractivity contribution is 0.414. The molecule has 0 spiro atoms. The van der Waals surface area contributed by atoms with Crippen molar-refractivity contribution in [2.24, 2.45) is 0 Å². The van der Waals surface area contributed by atoms with Crippen molar-refractivity contribution in [3.63, 3.8) is 0 Å². The first-order chi connectivity index (χ1) is 10.1. The predicted octanol–water partition coefficient (Wildman–Crippen LogP) is 3.36. The van der Waals surface area contributed by atoms with Crippen molar-refractivity contribution in [1.82, 2.24) is 9.55 Å². The van der Waals surface area contributed by atoms with Crippen LogP contribution in [0.4, 0.5) is 0 Å². The van der Waals surface area contributed by atoms with Crippen LogP contribution < -0.4 is 10.3 Å². The van der Waals surface area contributed by atoms with Crippen LogP contribution in [-0.4, -0.2) is 16.7 Å². The van der Waals surface area contributed by atoms with Crippen molar-refractivity contribution in [2.45, 2.75) is 6.92 Å². The van der Waals surface area contributed by atoms with Crippen LogP contribution in [0.2, 0.25) is 5.02 Å². The zero-order valence-electron chi connectivity index (χ0n) is 11.6. The molecule has 0 saturated carbocycles. The second-order valence-electron chi connectivity index (χ2n) is 4.66. The number of aryl methyl sites for hydroxylation is 1. The van der Waals surface area contributed by atoms with Crippen LogP contribution in [0.1, 0.15) is 5.82 Å². The first kappa shape index (κ1) is 13.6. The van der Waals surface area contributed by atoms with Crippen LogP contribution in [-0.2, 0) is 0 Å². The van der Waals surface area contributed by atoms with Gasteiger partial charge in [0.05, 0.1) is 23.7 Å². The number of rotatable bonds is 2. The molecule has 0 amide bonds. The van der Waals surface area contributed by atoms with Gasteiger partial charge in [-0.2, -0.15) is 0 Å². The molecule has 5 heteroatoms. The summed E-state index contributed by atoms with van der Waals surface area (Å²) in [5, 5.41) is 1.02. The van der Waals surface area contributed by atoms with E-state index in [2.05, 4.69) is 4.98 Å². The van der Waals surface area contributed by atoms with Crippen LogP contribution >= 0.6 is 11.6 Å². The summed E-state index contributed by atoms with van der Waals surface area (Å²) in [7, 11) is 1.60. The number of aromatic nitrogens is 2. The first-order valence-electron chi connectivity index (χ1n) is 6.43. The van der Waals surface area contributed by atoms with Gasteiger partial charge in [-0.05, 0) is 49.4 Å². The van der Waals surface area contributed by atoms with E-state index in [1.807, 2.05) is 24.3 Å². The number of hydrogen-bond acceptors (Lipinski definition) is 3. The quantitative estimate of drug-likeness (QED) is 0.729. The second kappa shape index (κ2) is 5.22. The standard InChI is InChI=1S/C16H13ClN2O2/c1-10-18-15-8-3-11(17)9-14(15)16(20)19(10)12-4-6-13(21-2)7-5-12/h3-9H,1-2H3. The average Bonchev–Trinajstić information content (AvgIpc) is 2.49. The molecular formula is C16H13ClN2O2. The lowest BCUT2D eigenvalue weighted by Gasteiger charge is -2.11. The third-order valence-corrected chi connectivity index (χ3v) is 3.56. The molecule has 0 saturated heterocycles. The van der Waals surface area contributed by atoms with Crippen molar-refractivity contribution in [1.29, 1.82) is 0 Å². The van der Waals surface area contributed by atoms with Gasteiger partial charge in [0, 0.05) is 5.02 Å². The molecule has 2 aromatic carbocycles. The highest BCUT2D eigenvalue weighted by atomic mass is 35.5. The summed E-state index contributed by atoms with van der Waals surface area (Å²) in [6, 6.07) is 12.4. The first-order valence-corrected chi connectivity index (χ1v) is 6.81. The molecular weight excluding hydrogens is 288 g/mol. The van der Waals surface area contributed by atoms with Crippen molar-refractivity contribution in [3.05, 3.63) is 63.7 Å². The molecule has 0 atom stereocenters. The summed E-state index contributed by atoms with van der Waals surface area (Å²) in [5.41, 5.74) is 1.25. The Morgan fingerprint density at radius 2 is 1.86 bits per heavy atom. The SMILES string of the molecule is COc1ccc(-n2c(C)nc3ccc(Cl)cc3c2=O)cc1. The van der Waals surface area contributed by atoms with E-state index in [4.69, 9.17) is 16.3 Å². The molecule has 0 fully saturated rings. The molecule has 3 rings (SSSR count). The Kier molecular flexibility index (Phi) is 3.39. The Hall–Kier alpha value is -2.33. The molecule has 4 nitrogen and oxygen atoms in total. The van der Waals surface area contributed by atoms with E-state index < -0.39 is 0 Å². The molecule has 1 heterocycles. The Labute approximate surface area is 126 Å². The molecule has 0 aliphatic carbocycles. The van der Waals surface area contributed by atoms with Crippen LogP contribution in [0.25, 0.3) is 16.6 Å². The van der Waals surface area contributed by atoms with Crippen molar-refractivity contribution >= 4 is 22.5 Å². The highest BCUT2D eigenvalue weighted by molar-refractivity contribution is 6.31. The zero-order valence-corrected chi connectivity index (χ0v) is 12.4. The maximum Gasteiger partial charge on any atom is 0.266 e. The van der Waals surface area contributed by atoms with Crippen LogP contribution in [0.15, 0.2) is 47.3 Å². The minimum absolute atomic E-state index is 0.134. The average molecular weight is 301 g/mol. The summed E-state index contributed by atoms with van der Waals surface area (Å²) in [4.78, 5) is 17.2. The topological polar surface area (TPSA) is 44.1 Å². The summed E-state index contributed by atoms with van der Waals surface area (Å²) >= 11 is 5.98. The second-order valence-corrected chi connectivity index (χ2v) is 5.10. The maximum absolute atomic E-state index is 12.7. The number of methoxy groups -OCH3 is 1. The van der Waals surface area contributed by atoms with Crippen molar-refractivity contribution in [2.75, 3.05) is 7.11 Å². The van der Waals surface area contributed by atoms with Gasteiger partial charge in [0.15, 0.2) is 0 Å². The van der Waals surface area contributed by atoms with Crippen LogP contribution in [0.3, 0.4) is 0 Å². The molecule has 21 heavy (non-hydrogen) atoms. The molecule has 0 radical (unpaired) electrons. The monoisotopic (exact) mass is 300 g/mol. The molecule has 0 aliphatic heterocycles. The van der Waals surface area contributed by atoms with E-state index in [9.17, 15) is 4.79 Å². The molecule has 0 unspecified atom stereocenters. The third kappa shape index (κ3) is 2.38. The van der Waals surface area contributed by atoms with E-state index in [0.29, 0.717) is 21.7 Å². The highest BCUT2D eigenvalue weighted by Crippen LogP contribution is 2.18. The number of fused-ring (bicyclic) bond motifs is 1. The minimum atomic E-state index is -0.134. The number of halogens is 1. The van der Waals surface area contributed by atoms with Gasteiger partial charge in [0.2, 0.25) is 0 Å². The largest absolute Gasteiger partial charge is 0.497 e. The number of benzene rings is 2. The fourth-order valence-electron chi connectivity index (χ4n) is 2.30. The molecule has 3 aromatic rings. The maximum atomic E-state index is 12.7. The highest BCUT2D eigenvalue weighted by Gasteiger charge is 2.10. The smallest absolute Gasteiger partial charge is 0.266 e. The van der Waals surface area contributed by atoms with E-state index >= 15 is 0 Å². The summed E-state index contributed by atoms with van der Waals surface area (Å²) in [6.45, 7) is 1.81. The lowest BCUT2D eigenvalue weighted by Crippen LogP contribution is -2.22. The summed E-state index contributed by atoms with van der Waals surface area (Å²) in [5.74, 6) is 1.36. The fraction of sp³-hybridized carbons (Fsp3) is 0.125. The minimum Gasteiger partial charge on any atom is -0.497 e. The molecule has 106 valence electrons. The van der Waals surface area contributed by atoms with Crippen LogP contribution in [0.5, 0.6) is 5.75 Å². The Morgan fingerprint density at radius 1 is 1.14 bits per heavy atom. The Balaban J connectivity index is 2.28. The van der Waals surface area contributed by atoms with Crippen molar-refractivity contribution < 1.29 is 4.74 Å². The van der Waals surface area contributed by atoms with Gasteiger partial charge < -0.3 is 4.74 Å². The normalized spacial score (nSPS) is 10.8.